The molecule has 0 radical (unpaired) electrons. The average Bonchev–Trinajstić information content (AvgIpc) is 2.79. The summed E-state index contributed by atoms with van der Waals surface area (Å²) in [6.07, 6.45) is 2.39. The summed E-state index contributed by atoms with van der Waals surface area (Å²) in [5.74, 6) is 1.80. The number of hydrogen-bond donors (Lipinski definition) is 1. The van der Waals surface area contributed by atoms with Crippen LogP contribution in [-0.2, 0) is 6.42 Å². The van der Waals surface area contributed by atoms with E-state index in [9.17, 15) is 0 Å². The molecule has 1 atom stereocenters. The fourth-order valence-corrected chi connectivity index (χ4v) is 2.96. The molecule has 1 aliphatic heterocycles. The monoisotopic (exact) mass is 297 g/mol. The smallest absolute Gasteiger partial charge is 0.126 e. The van der Waals surface area contributed by atoms with Gasteiger partial charge < -0.3 is 10.1 Å². The third kappa shape index (κ3) is 2.66. The van der Waals surface area contributed by atoms with Gasteiger partial charge in [-0.05, 0) is 56.8 Å². The first-order valence-electron chi connectivity index (χ1n) is 6.16. The van der Waals surface area contributed by atoms with Gasteiger partial charge in [0.1, 0.15) is 5.75 Å². The van der Waals surface area contributed by atoms with Crippen LogP contribution in [0.3, 0.4) is 0 Å². The standard InChI is InChI=1S/C14H20BrNO/c1-9-6-12(7-11-4-5-16-8-11)14(17-3)10(2)13(9)15/h6,11,16H,4-5,7-8H2,1-3H3. The minimum Gasteiger partial charge on any atom is -0.496 e. The van der Waals surface area contributed by atoms with Gasteiger partial charge in [0.05, 0.1) is 7.11 Å². The molecule has 17 heavy (non-hydrogen) atoms. The van der Waals surface area contributed by atoms with Crippen molar-refractivity contribution in [3.8, 4) is 5.75 Å². The number of aryl methyl sites for hydroxylation is 1. The Bertz CT molecular complexity index is 411. The van der Waals surface area contributed by atoms with Crippen LogP contribution in [0.5, 0.6) is 5.75 Å². The van der Waals surface area contributed by atoms with Crippen LogP contribution < -0.4 is 10.1 Å². The van der Waals surface area contributed by atoms with Gasteiger partial charge in [-0.2, -0.15) is 0 Å². The zero-order valence-corrected chi connectivity index (χ0v) is 12.4. The second kappa shape index (κ2) is 5.40. The van der Waals surface area contributed by atoms with E-state index in [0.29, 0.717) is 0 Å². The fraction of sp³-hybridized carbons (Fsp3) is 0.571. The van der Waals surface area contributed by atoms with Crippen molar-refractivity contribution in [3.63, 3.8) is 0 Å². The minimum absolute atomic E-state index is 0.754. The molecule has 1 aliphatic rings. The lowest BCUT2D eigenvalue weighted by molar-refractivity contribution is 0.402. The van der Waals surface area contributed by atoms with Crippen LogP contribution in [0.15, 0.2) is 10.5 Å². The molecule has 1 aromatic carbocycles. The molecule has 1 N–H and O–H groups in total. The van der Waals surface area contributed by atoms with Crippen LogP contribution in [-0.4, -0.2) is 20.2 Å². The molecule has 1 fully saturated rings. The average molecular weight is 298 g/mol. The number of nitrogens with one attached hydrogen (secondary N) is 1. The molecular weight excluding hydrogens is 278 g/mol. The van der Waals surface area contributed by atoms with Crippen LogP contribution in [0.1, 0.15) is 23.1 Å². The van der Waals surface area contributed by atoms with Gasteiger partial charge in [0.15, 0.2) is 0 Å². The Morgan fingerprint density at radius 1 is 1.47 bits per heavy atom. The van der Waals surface area contributed by atoms with Crippen molar-refractivity contribution in [2.45, 2.75) is 26.7 Å². The van der Waals surface area contributed by atoms with Crippen molar-refractivity contribution in [1.29, 1.82) is 0 Å². The number of benzene rings is 1. The predicted molar refractivity (Wildman–Crippen MR) is 74.8 cm³/mol. The van der Waals surface area contributed by atoms with Crippen molar-refractivity contribution in [1.82, 2.24) is 5.32 Å². The summed E-state index contributed by atoms with van der Waals surface area (Å²) in [7, 11) is 1.76. The first-order chi connectivity index (χ1) is 8.13. The first-order valence-corrected chi connectivity index (χ1v) is 6.96. The van der Waals surface area contributed by atoms with E-state index in [2.05, 4.69) is 41.2 Å². The van der Waals surface area contributed by atoms with Crippen molar-refractivity contribution in [3.05, 3.63) is 27.2 Å². The van der Waals surface area contributed by atoms with E-state index in [1.54, 1.807) is 7.11 Å². The van der Waals surface area contributed by atoms with E-state index in [4.69, 9.17) is 4.74 Å². The molecular formula is C14H20BrNO. The lowest BCUT2D eigenvalue weighted by Gasteiger charge is -2.17. The molecule has 0 aromatic heterocycles. The van der Waals surface area contributed by atoms with Crippen molar-refractivity contribution in [2.24, 2.45) is 5.92 Å². The van der Waals surface area contributed by atoms with Crippen LogP contribution in [0.2, 0.25) is 0 Å². The largest absolute Gasteiger partial charge is 0.496 e. The molecule has 1 unspecified atom stereocenters. The van der Waals surface area contributed by atoms with Gasteiger partial charge in [-0.1, -0.05) is 22.0 Å². The van der Waals surface area contributed by atoms with E-state index < -0.39 is 0 Å². The number of rotatable bonds is 3. The molecule has 0 amide bonds. The zero-order chi connectivity index (χ0) is 12.4. The van der Waals surface area contributed by atoms with E-state index in [1.807, 2.05) is 0 Å². The summed E-state index contributed by atoms with van der Waals surface area (Å²) in [5.41, 5.74) is 3.86. The van der Waals surface area contributed by atoms with E-state index in [0.717, 1.165) is 31.2 Å². The highest BCUT2D eigenvalue weighted by atomic mass is 79.9. The van der Waals surface area contributed by atoms with Crippen molar-refractivity contribution < 1.29 is 4.74 Å². The third-order valence-corrected chi connectivity index (χ3v) is 4.79. The molecule has 1 aromatic rings. The molecule has 1 heterocycles. The van der Waals surface area contributed by atoms with E-state index >= 15 is 0 Å². The maximum Gasteiger partial charge on any atom is 0.126 e. The number of methoxy groups -OCH3 is 1. The highest BCUT2D eigenvalue weighted by Gasteiger charge is 2.19. The van der Waals surface area contributed by atoms with Gasteiger partial charge in [-0.3, -0.25) is 0 Å². The van der Waals surface area contributed by atoms with Gasteiger partial charge >= 0.3 is 0 Å². The van der Waals surface area contributed by atoms with E-state index in [-0.39, 0.29) is 0 Å². The molecule has 94 valence electrons. The lowest BCUT2D eigenvalue weighted by Crippen LogP contribution is -2.11. The van der Waals surface area contributed by atoms with Crippen LogP contribution >= 0.6 is 15.9 Å². The second-order valence-corrected chi connectivity index (χ2v) is 5.68. The van der Waals surface area contributed by atoms with Crippen molar-refractivity contribution >= 4 is 15.9 Å². The summed E-state index contributed by atoms with van der Waals surface area (Å²) in [6, 6.07) is 2.26. The van der Waals surface area contributed by atoms with E-state index in [1.165, 1.54) is 27.6 Å². The summed E-state index contributed by atoms with van der Waals surface area (Å²) in [5, 5.41) is 3.42. The summed E-state index contributed by atoms with van der Waals surface area (Å²) in [6.45, 7) is 6.55. The topological polar surface area (TPSA) is 21.3 Å². The SMILES string of the molecule is COc1c(CC2CCNC2)cc(C)c(Br)c1C. The Hall–Kier alpha value is -0.540. The summed E-state index contributed by atoms with van der Waals surface area (Å²) in [4.78, 5) is 0. The van der Waals surface area contributed by atoms with Gasteiger partial charge in [0, 0.05) is 10.0 Å². The van der Waals surface area contributed by atoms with Crippen LogP contribution in [0.4, 0.5) is 0 Å². The predicted octanol–water partition coefficient (Wildman–Crippen LogP) is 3.23. The third-order valence-electron chi connectivity index (χ3n) is 3.57. The molecule has 2 rings (SSSR count). The van der Waals surface area contributed by atoms with Crippen LogP contribution in [0.25, 0.3) is 0 Å². The number of hydrogen-bond acceptors (Lipinski definition) is 2. The van der Waals surface area contributed by atoms with Crippen LogP contribution in [0, 0.1) is 19.8 Å². The maximum atomic E-state index is 5.57. The number of ether oxygens (including phenoxy) is 1. The second-order valence-electron chi connectivity index (χ2n) is 4.89. The quantitative estimate of drug-likeness (QED) is 0.925. The lowest BCUT2D eigenvalue weighted by atomic mass is 9.95. The molecule has 0 saturated carbocycles. The zero-order valence-electron chi connectivity index (χ0n) is 10.8. The van der Waals surface area contributed by atoms with Gasteiger partial charge in [0.25, 0.3) is 0 Å². The van der Waals surface area contributed by atoms with Gasteiger partial charge in [-0.25, -0.2) is 0 Å². The highest BCUT2D eigenvalue weighted by Crippen LogP contribution is 2.34. The Labute approximate surface area is 112 Å². The molecule has 2 nitrogen and oxygen atoms in total. The molecule has 0 spiro atoms. The Morgan fingerprint density at radius 2 is 2.24 bits per heavy atom. The van der Waals surface area contributed by atoms with Gasteiger partial charge in [-0.15, -0.1) is 0 Å². The highest BCUT2D eigenvalue weighted by molar-refractivity contribution is 9.10. The maximum absolute atomic E-state index is 5.57. The molecule has 0 aliphatic carbocycles. The Balaban J connectivity index is 2.31. The fourth-order valence-electron chi connectivity index (χ4n) is 2.66. The summed E-state index contributed by atoms with van der Waals surface area (Å²) < 4.78 is 6.74. The normalized spacial score (nSPS) is 19.6. The molecule has 3 heteroatoms. The minimum atomic E-state index is 0.754. The molecule has 0 bridgehead atoms. The van der Waals surface area contributed by atoms with Gasteiger partial charge in [0.2, 0.25) is 0 Å². The van der Waals surface area contributed by atoms with Crippen molar-refractivity contribution in [2.75, 3.05) is 20.2 Å². The number of halogens is 1. The Morgan fingerprint density at radius 3 is 2.82 bits per heavy atom. The first kappa shape index (κ1) is 12.9. The molecule has 1 saturated heterocycles. The summed E-state index contributed by atoms with van der Waals surface area (Å²) >= 11 is 3.63. The Kier molecular flexibility index (Phi) is 4.10.